The highest BCUT2D eigenvalue weighted by molar-refractivity contribution is 5.37. The van der Waals surface area contributed by atoms with E-state index >= 15 is 0 Å². The van der Waals surface area contributed by atoms with E-state index < -0.39 is 0 Å². The van der Waals surface area contributed by atoms with Crippen molar-refractivity contribution in [2.75, 3.05) is 0 Å². The number of rotatable bonds is 1. The maximum Gasteiger partial charge on any atom is 0.139 e. The molecule has 0 aromatic carbocycles. The van der Waals surface area contributed by atoms with Crippen molar-refractivity contribution in [3.05, 3.63) is 30.5 Å². The summed E-state index contributed by atoms with van der Waals surface area (Å²) in [6.07, 6.45) is 5.30. The van der Waals surface area contributed by atoms with Crippen LogP contribution in [0.5, 0.6) is 0 Å². The molecule has 0 aliphatic carbocycles. The van der Waals surface area contributed by atoms with Crippen LogP contribution in [0.2, 0.25) is 0 Å². The van der Waals surface area contributed by atoms with Crippen molar-refractivity contribution in [3.63, 3.8) is 0 Å². The van der Waals surface area contributed by atoms with E-state index in [0.717, 1.165) is 11.3 Å². The lowest BCUT2D eigenvalue weighted by Crippen LogP contribution is -1.95. The van der Waals surface area contributed by atoms with Gasteiger partial charge in [-0.2, -0.15) is 0 Å². The highest BCUT2D eigenvalue weighted by Gasteiger charge is 1.96. The third-order valence-corrected chi connectivity index (χ3v) is 1.52. The molecule has 0 spiro atoms. The summed E-state index contributed by atoms with van der Waals surface area (Å²) in [5, 5.41) is 0. The molecule has 0 bridgehead atoms. The van der Waals surface area contributed by atoms with Crippen LogP contribution in [0.3, 0.4) is 0 Å². The van der Waals surface area contributed by atoms with E-state index in [2.05, 4.69) is 9.97 Å². The third-order valence-electron chi connectivity index (χ3n) is 1.52. The van der Waals surface area contributed by atoms with Crippen molar-refractivity contribution in [1.29, 1.82) is 0 Å². The van der Waals surface area contributed by atoms with E-state index in [0.29, 0.717) is 6.54 Å². The molecule has 0 saturated heterocycles. The van der Waals surface area contributed by atoms with Crippen LogP contribution in [0.25, 0.3) is 5.65 Å². The average molecular weight is 148 g/mol. The van der Waals surface area contributed by atoms with Gasteiger partial charge >= 0.3 is 0 Å². The molecule has 0 saturated carbocycles. The Kier molecular flexibility index (Phi) is 1.33. The van der Waals surface area contributed by atoms with Gasteiger partial charge in [0, 0.05) is 18.9 Å². The van der Waals surface area contributed by atoms with Gasteiger partial charge in [-0.25, -0.2) is 9.97 Å². The van der Waals surface area contributed by atoms with Gasteiger partial charge in [-0.15, -0.1) is 0 Å². The average Bonchev–Trinajstić information content (AvgIpc) is 2.46. The molecule has 56 valence electrons. The zero-order valence-corrected chi connectivity index (χ0v) is 5.94. The summed E-state index contributed by atoms with van der Waals surface area (Å²) in [6.45, 7) is 0.474. The van der Waals surface area contributed by atoms with Crippen molar-refractivity contribution in [3.8, 4) is 0 Å². The fourth-order valence-corrected chi connectivity index (χ4v) is 0.995. The molecule has 0 radical (unpaired) electrons. The fourth-order valence-electron chi connectivity index (χ4n) is 0.995. The summed E-state index contributed by atoms with van der Waals surface area (Å²) >= 11 is 0. The number of imidazole rings is 1. The Hall–Kier alpha value is -1.42. The van der Waals surface area contributed by atoms with Gasteiger partial charge in [0.15, 0.2) is 0 Å². The Morgan fingerprint density at radius 2 is 2.45 bits per heavy atom. The highest BCUT2D eigenvalue weighted by atomic mass is 15.0. The van der Waals surface area contributed by atoms with E-state index in [1.807, 2.05) is 16.7 Å². The van der Waals surface area contributed by atoms with E-state index in [1.54, 1.807) is 12.5 Å². The molecule has 2 rings (SSSR count). The Balaban J connectivity index is 2.69. The molecule has 0 aliphatic heterocycles. The van der Waals surface area contributed by atoms with Gasteiger partial charge < -0.3 is 5.73 Å². The minimum atomic E-state index is 0.474. The van der Waals surface area contributed by atoms with Crippen LogP contribution < -0.4 is 5.73 Å². The predicted molar refractivity (Wildman–Crippen MR) is 40.9 cm³/mol. The number of fused-ring (bicyclic) bond motifs is 1. The Bertz CT molecular complexity index is 332. The highest BCUT2D eigenvalue weighted by Crippen LogP contribution is 2.01. The minimum absolute atomic E-state index is 0.474. The van der Waals surface area contributed by atoms with Crippen LogP contribution in [-0.2, 0) is 6.54 Å². The van der Waals surface area contributed by atoms with Gasteiger partial charge in [0.2, 0.25) is 0 Å². The largest absolute Gasteiger partial charge is 0.325 e. The van der Waals surface area contributed by atoms with E-state index in [-0.39, 0.29) is 0 Å². The summed E-state index contributed by atoms with van der Waals surface area (Å²) < 4.78 is 1.85. The monoisotopic (exact) mass is 148 g/mol. The predicted octanol–water partition coefficient (Wildman–Crippen LogP) is 0.188. The van der Waals surface area contributed by atoms with E-state index in [1.165, 1.54) is 0 Å². The van der Waals surface area contributed by atoms with Crippen LogP contribution in [0.15, 0.2) is 24.8 Å². The number of aromatic nitrogens is 3. The number of nitrogens with two attached hydrogens (primary N) is 1. The first-order valence-electron chi connectivity index (χ1n) is 3.38. The molecule has 4 heteroatoms. The molecule has 4 nitrogen and oxygen atoms in total. The second kappa shape index (κ2) is 2.32. The summed E-state index contributed by atoms with van der Waals surface area (Å²) in [7, 11) is 0. The van der Waals surface area contributed by atoms with Crippen LogP contribution in [-0.4, -0.2) is 14.4 Å². The van der Waals surface area contributed by atoms with Crippen molar-refractivity contribution >= 4 is 5.65 Å². The van der Waals surface area contributed by atoms with E-state index in [9.17, 15) is 0 Å². The number of hydrogen-bond donors (Lipinski definition) is 1. The molecule has 0 fully saturated rings. The smallest absolute Gasteiger partial charge is 0.139 e. The van der Waals surface area contributed by atoms with Crippen LogP contribution >= 0.6 is 0 Å². The standard InChI is InChI=1S/C7H8N4/c8-3-6-4-11-5-9-2-1-7(11)10-6/h1-2,4-5H,3,8H2. The normalized spacial score (nSPS) is 10.6. The molecule has 2 heterocycles. The van der Waals surface area contributed by atoms with Gasteiger partial charge in [-0.1, -0.05) is 0 Å². The van der Waals surface area contributed by atoms with Crippen molar-refractivity contribution < 1.29 is 0 Å². The molecule has 0 unspecified atom stereocenters. The summed E-state index contributed by atoms with van der Waals surface area (Å²) in [6, 6.07) is 1.85. The molecular formula is C7H8N4. The maximum atomic E-state index is 5.42. The SMILES string of the molecule is NCc1cn2cnccc2n1. The van der Waals surface area contributed by atoms with Gasteiger partial charge in [0.05, 0.1) is 5.69 Å². The van der Waals surface area contributed by atoms with Gasteiger partial charge in [-0.05, 0) is 6.07 Å². The number of nitrogens with zero attached hydrogens (tertiary/aromatic N) is 3. The molecule has 11 heavy (non-hydrogen) atoms. The molecule has 2 N–H and O–H groups in total. The third kappa shape index (κ3) is 0.969. The first-order chi connectivity index (χ1) is 5.40. The van der Waals surface area contributed by atoms with Gasteiger partial charge in [0.1, 0.15) is 12.0 Å². The first-order valence-corrected chi connectivity index (χ1v) is 3.38. The van der Waals surface area contributed by atoms with E-state index in [4.69, 9.17) is 5.73 Å². The lowest BCUT2D eigenvalue weighted by Gasteiger charge is -1.85. The summed E-state index contributed by atoms with van der Waals surface area (Å²) in [5.74, 6) is 0. The van der Waals surface area contributed by atoms with Crippen LogP contribution in [0.1, 0.15) is 5.69 Å². The van der Waals surface area contributed by atoms with Crippen LogP contribution in [0, 0.1) is 0 Å². The lowest BCUT2D eigenvalue weighted by atomic mass is 10.5. The van der Waals surface area contributed by atoms with Gasteiger partial charge in [-0.3, -0.25) is 4.40 Å². The Morgan fingerprint density at radius 1 is 1.55 bits per heavy atom. The van der Waals surface area contributed by atoms with Crippen LogP contribution in [0.4, 0.5) is 0 Å². The Morgan fingerprint density at radius 3 is 3.18 bits per heavy atom. The molecular weight excluding hydrogens is 140 g/mol. The van der Waals surface area contributed by atoms with Crippen molar-refractivity contribution in [2.24, 2.45) is 5.73 Å². The Labute approximate surface area is 63.7 Å². The van der Waals surface area contributed by atoms with Crippen molar-refractivity contribution in [1.82, 2.24) is 14.4 Å². The summed E-state index contributed by atoms with van der Waals surface area (Å²) in [5.41, 5.74) is 7.19. The zero-order chi connectivity index (χ0) is 7.68. The second-order valence-electron chi connectivity index (χ2n) is 2.28. The maximum absolute atomic E-state index is 5.42. The molecule has 0 atom stereocenters. The van der Waals surface area contributed by atoms with Gasteiger partial charge in [0.25, 0.3) is 0 Å². The topological polar surface area (TPSA) is 56.2 Å². The molecule has 0 aliphatic rings. The lowest BCUT2D eigenvalue weighted by molar-refractivity contribution is 1.01. The quantitative estimate of drug-likeness (QED) is 0.628. The zero-order valence-electron chi connectivity index (χ0n) is 5.94. The fraction of sp³-hybridized carbons (Fsp3) is 0.143. The first kappa shape index (κ1) is 6.30. The molecule has 0 amide bonds. The second-order valence-corrected chi connectivity index (χ2v) is 2.28. The van der Waals surface area contributed by atoms with Crippen molar-refractivity contribution in [2.45, 2.75) is 6.54 Å². The molecule has 2 aromatic heterocycles. The summed E-state index contributed by atoms with van der Waals surface area (Å²) in [4.78, 5) is 8.17. The molecule has 2 aromatic rings. The minimum Gasteiger partial charge on any atom is -0.325 e. The number of hydrogen-bond acceptors (Lipinski definition) is 3.